The Kier molecular flexibility index (Phi) is 5.95. The molecule has 0 fully saturated rings. The first kappa shape index (κ1) is 21.8. The van der Waals surface area contributed by atoms with Crippen LogP contribution in [0.2, 0.25) is 0 Å². The van der Waals surface area contributed by atoms with E-state index in [4.69, 9.17) is 25.7 Å². The van der Waals surface area contributed by atoms with Gasteiger partial charge in [-0.15, -0.1) is 0 Å². The van der Waals surface area contributed by atoms with Gasteiger partial charge in [0, 0.05) is 34.4 Å². The molecule has 0 unspecified atom stereocenters. The van der Waals surface area contributed by atoms with E-state index in [1.54, 1.807) is 24.3 Å². The predicted octanol–water partition coefficient (Wildman–Crippen LogP) is 4.57. The Hall–Kier alpha value is -4.39. The summed E-state index contributed by atoms with van der Waals surface area (Å²) in [5, 5.41) is 0. The van der Waals surface area contributed by atoms with Crippen molar-refractivity contribution < 1.29 is 19.0 Å². The summed E-state index contributed by atoms with van der Waals surface area (Å²) in [4.78, 5) is 13.7. The molecule has 4 N–H and O–H groups in total. The summed E-state index contributed by atoms with van der Waals surface area (Å²) in [5.74, 6) is 1.04. The number of anilines is 2. The van der Waals surface area contributed by atoms with Crippen LogP contribution in [-0.2, 0) is 0 Å². The second kappa shape index (κ2) is 9.00. The first-order valence-electron chi connectivity index (χ1n) is 10.2. The van der Waals surface area contributed by atoms with E-state index in [2.05, 4.69) is 0 Å². The quantitative estimate of drug-likeness (QED) is 0.321. The van der Waals surface area contributed by atoms with Crippen LogP contribution in [0.3, 0.4) is 0 Å². The van der Waals surface area contributed by atoms with Gasteiger partial charge >= 0.3 is 0 Å². The molecule has 33 heavy (non-hydrogen) atoms. The number of nitrogen functional groups attached to an aromatic ring is 2. The molecule has 0 aliphatic heterocycles. The van der Waals surface area contributed by atoms with Gasteiger partial charge in [-0.2, -0.15) is 0 Å². The molecule has 0 spiro atoms. The number of methoxy groups -OCH3 is 3. The fourth-order valence-corrected chi connectivity index (χ4v) is 3.68. The standard InChI is InChI=1S/C26H25N3O4/c1-31-23-13-17(14-24(32-2)26(23)33-3)25(30)22-12-18(16-4-6-19(27)7-5-16)15-29(22)21-10-8-20(28)9-11-21/h4-15H,27-28H2,1-3H3. The van der Waals surface area contributed by atoms with Crippen molar-refractivity contribution in [1.29, 1.82) is 0 Å². The molecule has 0 bridgehead atoms. The summed E-state index contributed by atoms with van der Waals surface area (Å²) < 4.78 is 18.1. The van der Waals surface area contributed by atoms with Crippen LogP contribution >= 0.6 is 0 Å². The molecular weight excluding hydrogens is 418 g/mol. The summed E-state index contributed by atoms with van der Waals surface area (Å²) in [6.45, 7) is 0. The first-order valence-corrected chi connectivity index (χ1v) is 10.2. The van der Waals surface area contributed by atoms with Gasteiger partial charge in [0.05, 0.1) is 27.0 Å². The SMILES string of the molecule is COc1cc(C(=O)c2cc(-c3ccc(N)cc3)cn2-c2ccc(N)cc2)cc(OC)c1OC. The molecule has 1 heterocycles. The van der Waals surface area contributed by atoms with Crippen LogP contribution in [0.4, 0.5) is 11.4 Å². The fourth-order valence-electron chi connectivity index (χ4n) is 3.68. The molecule has 0 saturated carbocycles. The van der Waals surface area contributed by atoms with E-state index in [1.165, 1.54) is 21.3 Å². The van der Waals surface area contributed by atoms with Crippen molar-refractivity contribution in [2.75, 3.05) is 32.8 Å². The lowest BCUT2D eigenvalue weighted by atomic mass is 10.0. The van der Waals surface area contributed by atoms with Crippen molar-refractivity contribution in [3.8, 4) is 34.1 Å². The minimum Gasteiger partial charge on any atom is -0.493 e. The van der Waals surface area contributed by atoms with Crippen molar-refractivity contribution >= 4 is 17.2 Å². The van der Waals surface area contributed by atoms with E-state index in [0.29, 0.717) is 39.9 Å². The summed E-state index contributed by atoms with van der Waals surface area (Å²) in [5.41, 5.74) is 16.5. The lowest BCUT2D eigenvalue weighted by Gasteiger charge is -2.14. The van der Waals surface area contributed by atoms with Crippen LogP contribution in [0.5, 0.6) is 17.2 Å². The Morgan fingerprint density at radius 2 is 1.27 bits per heavy atom. The molecule has 0 radical (unpaired) electrons. The van der Waals surface area contributed by atoms with E-state index in [9.17, 15) is 4.79 Å². The third kappa shape index (κ3) is 4.21. The number of rotatable bonds is 7. The highest BCUT2D eigenvalue weighted by atomic mass is 16.5. The van der Waals surface area contributed by atoms with Crippen molar-refractivity contribution in [2.24, 2.45) is 0 Å². The van der Waals surface area contributed by atoms with E-state index >= 15 is 0 Å². The van der Waals surface area contributed by atoms with Gasteiger partial charge in [0.15, 0.2) is 11.5 Å². The van der Waals surface area contributed by atoms with E-state index in [0.717, 1.165) is 16.8 Å². The maximum absolute atomic E-state index is 13.7. The zero-order chi connectivity index (χ0) is 23.5. The number of ether oxygens (including phenoxy) is 3. The summed E-state index contributed by atoms with van der Waals surface area (Å²) in [7, 11) is 4.55. The Balaban J connectivity index is 1.87. The van der Waals surface area contributed by atoms with Crippen LogP contribution in [0.25, 0.3) is 16.8 Å². The Morgan fingerprint density at radius 3 is 1.79 bits per heavy atom. The van der Waals surface area contributed by atoms with Gasteiger partial charge < -0.3 is 30.2 Å². The van der Waals surface area contributed by atoms with Crippen LogP contribution in [0.1, 0.15) is 16.1 Å². The van der Waals surface area contributed by atoms with Gasteiger partial charge in [0.1, 0.15) is 0 Å². The number of nitrogens with two attached hydrogens (primary N) is 2. The minimum atomic E-state index is -0.201. The molecule has 1 aromatic heterocycles. The van der Waals surface area contributed by atoms with Crippen molar-refractivity contribution in [3.63, 3.8) is 0 Å². The molecule has 7 nitrogen and oxygen atoms in total. The normalized spacial score (nSPS) is 10.6. The second-order valence-corrected chi connectivity index (χ2v) is 7.44. The topological polar surface area (TPSA) is 102 Å². The highest BCUT2D eigenvalue weighted by molar-refractivity contribution is 6.09. The summed E-state index contributed by atoms with van der Waals surface area (Å²) in [6.07, 6.45) is 1.92. The number of aromatic nitrogens is 1. The molecule has 3 aromatic carbocycles. The molecule has 0 atom stereocenters. The molecule has 7 heteroatoms. The molecule has 0 amide bonds. The molecule has 0 saturated heterocycles. The first-order chi connectivity index (χ1) is 15.9. The molecule has 0 aliphatic rings. The van der Waals surface area contributed by atoms with Crippen molar-refractivity contribution in [1.82, 2.24) is 4.57 Å². The molecule has 168 valence electrons. The number of hydrogen-bond donors (Lipinski definition) is 2. The van der Waals surface area contributed by atoms with Gasteiger partial charge in [-0.05, 0) is 60.2 Å². The van der Waals surface area contributed by atoms with E-state index < -0.39 is 0 Å². The van der Waals surface area contributed by atoms with Crippen LogP contribution in [-0.4, -0.2) is 31.7 Å². The fraction of sp³-hybridized carbons (Fsp3) is 0.115. The zero-order valence-corrected chi connectivity index (χ0v) is 18.7. The van der Waals surface area contributed by atoms with E-state index in [-0.39, 0.29) is 5.78 Å². The molecule has 4 rings (SSSR count). The Morgan fingerprint density at radius 1 is 0.727 bits per heavy atom. The molecule has 0 aliphatic carbocycles. The number of ketones is 1. The maximum atomic E-state index is 13.7. The lowest BCUT2D eigenvalue weighted by molar-refractivity contribution is 0.103. The third-order valence-corrected chi connectivity index (χ3v) is 5.39. The highest BCUT2D eigenvalue weighted by Crippen LogP contribution is 2.39. The van der Waals surface area contributed by atoms with Crippen molar-refractivity contribution in [3.05, 3.63) is 84.2 Å². The second-order valence-electron chi connectivity index (χ2n) is 7.44. The van der Waals surface area contributed by atoms with Gasteiger partial charge in [0.25, 0.3) is 0 Å². The number of carbonyl (C=O) groups excluding carboxylic acids is 1. The third-order valence-electron chi connectivity index (χ3n) is 5.39. The van der Waals surface area contributed by atoms with Gasteiger partial charge in [-0.1, -0.05) is 12.1 Å². The van der Waals surface area contributed by atoms with Crippen LogP contribution < -0.4 is 25.7 Å². The monoisotopic (exact) mass is 443 g/mol. The average molecular weight is 444 g/mol. The van der Waals surface area contributed by atoms with Gasteiger partial charge in [-0.25, -0.2) is 0 Å². The van der Waals surface area contributed by atoms with E-state index in [1.807, 2.05) is 53.2 Å². The van der Waals surface area contributed by atoms with Crippen LogP contribution in [0.15, 0.2) is 72.9 Å². The highest BCUT2D eigenvalue weighted by Gasteiger charge is 2.22. The minimum absolute atomic E-state index is 0.201. The van der Waals surface area contributed by atoms with Crippen LogP contribution in [0, 0.1) is 0 Å². The lowest BCUT2D eigenvalue weighted by Crippen LogP contribution is -2.09. The zero-order valence-electron chi connectivity index (χ0n) is 18.7. The number of benzene rings is 3. The smallest absolute Gasteiger partial charge is 0.210 e. The number of nitrogens with zero attached hydrogens (tertiary/aromatic N) is 1. The molecular formula is C26H25N3O4. The maximum Gasteiger partial charge on any atom is 0.210 e. The summed E-state index contributed by atoms with van der Waals surface area (Å²) in [6, 6.07) is 20.0. The Bertz CT molecular complexity index is 1270. The molecule has 4 aromatic rings. The van der Waals surface area contributed by atoms with Gasteiger partial charge in [0.2, 0.25) is 11.5 Å². The summed E-state index contributed by atoms with van der Waals surface area (Å²) >= 11 is 0. The van der Waals surface area contributed by atoms with Gasteiger partial charge in [-0.3, -0.25) is 4.79 Å². The van der Waals surface area contributed by atoms with Crippen molar-refractivity contribution in [2.45, 2.75) is 0 Å². The number of carbonyl (C=O) groups is 1. The number of hydrogen-bond acceptors (Lipinski definition) is 6. The average Bonchev–Trinajstić information content (AvgIpc) is 3.28. The largest absolute Gasteiger partial charge is 0.493 e. The Labute approximate surface area is 192 Å². The predicted molar refractivity (Wildman–Crippen MR) is 130 cm³/mol.